The first-order valence-corrected chi connectivity index (χ1v) is 12.6. The molecule has 2 saturated heterocycles. The molecule has 0 bridgehead atoms. The summed E-state index contributed by atoms with van der Waals surface area (Å²) in [4.78, 5) is 47.6. The van der Waals surface area contributed by atoms with Crippen molar-refractivity contribution in [3.8, 4) is 0 Å². The highest BCUT2D eigenvalue weighted by atomic mass is 32.1. The number of ether oxygens (including phenoxy) is 1. The summed E-state index contributed by atoms with van der Waals surface area (Å²) in [7, 11) is 0. The maximum atomic E-state index is 12.9. The molecule has 4 heterocycles. The zero-order chi connectivity index (χ0) is 24.4. The van der Waals surface area contributed by atoms with Crippen molar-refractivity contribution in [2.24, 2.45) is 0 Å². The highest BCUT2D eigenvalue weighted by molar-refractivity contribution is 7.09. The van der Waals surface area contributed by atoms with E-state index in [1.807, 2.05) is 10.3 Å². The summed E-state index contributed by atoms with van der Waals surface area (Å²) in [5, 5.41) is 10.3. The van der Waals surface area contributed by atoms with E-state index < -0.39 is 0 Å². The van der Waals surface area contributed by atoms with Crippen LogP contribution in [-0.4, -0.2) is 93.8 Å². The fraction of sp³-hybridized carbons (Fsp3) is 0.478. The third-order valence-electron chi connectivity index (χ3n) is 6.47. The lowest BCUT2D eigenvalue weighted by molar-refractivity contribution is 0.0566. The molecule has 184 valence electrons. The van der Waals surface area contributed by atoms with Crippen LogP contribution in [-0.2, 0) is 4.74 Å². The van der Waals surface area contributed by atoms with Crippen molar-refractivity contribution in [3.05, 3.63) is 39.8 Å². The zero-order valence-electron chi connectivity index (χ0n) is 19.4. The second-order valence-corrected chi connectivity index (χ2v) is 9.47. The molecule has 2 aromatic heterocycles. The Kier molecular flexibility index (Phi) is 6.62. The van der Waals surface area contributed by atoms with E-state index in [1.165, 1.54) is 11.3 Å². The van der Waals surface area contributed by atoms with E-state index in [2.05, 4.69) is 15.3 Å². The lowest BCUT2D eigenvalue weighted by atomic mass is 9.97. The average Bonchev–Trinajstić information content (AvgIpc) is 3.58. The number of aromatic nitrogens is 3. The maximum absolute atomic E-state index is 12.9. The second kappa shape index (κ2) is 9.98. The van der Waals surface area contributed by atoms with Gasteiger partial charge in [0.05, 0.1) is 11.6 Å². The van der Waals surface area contributed by atoms with Crippen LogP contribution in [0.3, 0.4) is 0 Å². The third kappa shape index (κ3) is 4.83. The predicted octanol–water partition coefficient (Wildman–Crippen LogP) is 2.61. The molecular weight excluding hydrogens is 472 g/mol. The van der Waals surface area contributed by atoms with E-state index in [9.17, 15) is 14.4 Å². The van der Waals surface area contributed by atoms with E-state index in [4.69, 9.17) is 9.37 Å². The van der Waals surface area contributed by atoms with Gasteiger partial charge in [-0.2, -0.15) is 0 Å². The Morgan fingerprint density at radius 2 is 1.66 bits per heavy atom. The maximum Gasteiger partial charge on any atom is 0.409 e. The van der Waals surface area contributed by atoms with Crippen LogP contribution >= 0.6 is 11.3 Å². The SMILES string of the molecule is CCOC(=O)N1CCN(C(=O)c2csc(C3CCN(C(=O)c4ccc5nonc5c4)CC3)n2)CC1. The Hall–Kier alpha value is -3.54. The number of likely N-dealkylation sites (tertiary alicyclic amines) is 1. The van der Waals surface area contributed by atoms with Crippen LogP contribution in [0.15, 0.2) is 28.2 Å². The van der Waals surface area contributed by atoms with E-state index >= 15 is 0 Å². The number of nitrogens with zero attached hydrogens (tertiary/aromatic N) is 6. The Balaban J connectivity index is 1.15. The number of benzene rings is 1. The van der Waals surface area contributed by atoms with Crippen LogP contribution in [0, 0.1) is 0 Å². The van der Waals surface area contributed by atoms with Crippen molar-refractivity contribution in [1.29, 1.82) is 0 Å². The molecule has 2 fully saturated rings. The van der Waals surface area contributed by atoms with Crippen molar-refractivity contribution in [3.63, 3.8) is 0 Å². The van der Waals surface area contributed by atoms with Crippen LogP contribution in [0.25, 0.3) is 11.0 Å². The van der Waals surface area contributed by atoms with Gasteiger partial charge in [0, 0.05) is 56.1 Å². The van der Waals surface area contributed by atoms with Gasteiger partial charge in [0.2, 0.25) is 0 Å². The quantitative estimate of drug-likeness (QED) is 0.538. The molecular formula is C23H26N6O5S. The number of carbonyl (C=O) groups excluding carboxylic acids is 3. The van der Waals surface area contributed by atoms with Crippen molar-refractivity contribution in [2.75, 3.05) is 45.9 Å². The van der Waals surface area contributed by atoms with Gasteiger partial charge in [0.25, 0.3) is 11.8 Å². The number of piperidine rings is 1. The molecule has 0 spiro atoms. The minimum absolute atomic E-state index is 0.0367. The first-order chi connectivity index (χ1) is 17.0. The van der Waals surface area contributed by atoms with Gasteiger partial charge in [-0.05, 0) is 48.3 Å². The van der Waals surface area contributed by atoms with Gasteiger partial charge < -0.3 is 19.4 Å². The fourth-order valence-corrected chi connectivity index (χ4v) is 5.43. The van der Waals surface area contributed by atoms with Crippen LogP contribution in [0.2, 0.25) is 0 Å². The summed E-state index contributed by atoms with van der Waals surface area (Å²) in [5.41, 5.74) is 2.20. The molecule has 0 radical (unpaired) electrons. The highest BCUT2D eigenvalue weighted by Gasteiger charge is 2.30. The minimum Gasteiger partial charge on any atom is -0.450 e. The molecule has 0 unspecified atom stereocenters. The van der Waals surface area contributed by atoms with Gasteiger partial charge in [-0.3, -0.25) is 9.59 Å². The van der Waals surface area contributed by atoms with Crippen molar-refractivity contribution < 1.29 is 23.7 Å². The summed E-state index contributed by atoms with van der Waals surface area (Å²) < 4.78 is 9.74. The smallest absolute Gasteiger partial charge is 0.409 e. The molecule has 2 aliphatic rings. The van der Waals surface area contributed by atoms with Gasteiger partial charge in [-0.15, -0.1) is 11.3 Å². The van der Waals surface area contributed by atoms with Crippen LogP contribution in [0.5, 0.6) is 0 Å². The standard InChI is InChI=1S/C23H26N6O5S/c1-2-33-23(32)29-11-9-28(10-12-29)22(31)19-14-35-20(24-19)15-5-7-27(8-6-15)21(30)16-3-4-17-18(13-16)26-34-25-17/h3-4,13-15H,2,5-12H2,1H3. The average molecular weight is 499 g/mol. The number of carbonyl (C=O) groups is 3. The lowest BCUT2D eigenvalue weighted by Gasteiger charge is -2.33. The monoisotopic (exact) mass is 498 g/mol. The fourth-order valence-electron chi connectivity index (χ4n) is 4.47. The zero-order valence-corrected chi connectivity index (χ0v) is 20.2. The molecule has 0 aliphatic carbocycles. The normalized spacial score (nSPS) is 17.1. The van der Waals surface area contributed by atoms with E-state index in [0.29, 0.717) is 68.2 Å². The van der Waals surface area contributed by atoms with Gasteiger partial charge in [0.1, 0.15) is 16.7 Å². The molecule has 0 N–H and O–H groups in total. The molecule has 35 heavy (non-hydrogen) atoms. The number of rotatable bonds is 4. The molecule has 0 atom stereocenters. The topological polar surface area (TPSA) is 122 Å². The molecule has 3 aromatic rings. The summed E-state index contributed by atoms with van der Waals surface area (Å²) in [5.74, 6) is 0.0696. The summed E-state index contributed by atoms with van der Waals surface area (Å²) >= 11 is 1.50. The lowest BCUT2D eigenvalue weighted by Crippen LogP contribution is -2.50. The van der Waals surface area contributed by atoms with E-state index in [1.54, 1.807) is 34.9 Å². The van der Waals surface area contributed by atoms with Crippen LogP contribution < -0.4 is 0 Å². The molecule has 12 heteroatoms. The summed E-state index contributed by atoms with van der Waals surface area (Å²) in [6, 6.07) is 5.17. The number of piperazine rings is 1. The molecule has 3 amide bonds. The largest absolute Gasteiger partial charge is 0.450 e. The number of fused-ring (bicyclic) bond motifs is 1. The van der Waals surface area contributed by atoms with E-state index in [-0.39, 0.29) is 23.8 Å². The summed E-state index contributed by atoms with van der Waals surface area (Å²) in [6.07, 6.45) is 1.24. The van der Waals surface area contributed by atoms with Gasteiger partial charge in [-0.1, -0.05) is 0 Å². The first kappa shape index (κ1) is 23.2. The van der Waals surface area contributed by atoms with Gasteiger partial charge in [-0.25, -0.2) is 14.4 Å². The minimum atomic E-state index is -0.337. The van der Waals surface area contributed by atoms with E-state index in [0.717, 1.165) is 17.8 Å². The van der Waals surface area contributed by atoms with Gasteiger partial charge in [0.15, 0.2) is 0 Å². The number of amides is 3. The molecule has 0 saturated carbocycles. The Labute approximate surface area is 205 Å². The Morgan fingerprint density at radius 1 is 0.971 bits per heavy atom. The van der Waals surface area contributed by atoms with Crippen molar-refractivity contribution >= 4 is 40.3 Å². The predicted molar refractivity (Wildman–Crippen MR) is 126 cm³/mol. The molecule has 2 aliphatic heterocycles. The number of thiazole rings is 1. The summed E-state index contributed by atoms with van der Waals surface area (Å²) in [6.45, 7) is 5.18. The number of hydrogen-bond donors (Lipinski definition) is 0. The highest BCUT2D eigenvalue weighted by Crippen LogP contribution is 2.31. The first-order valence-electron chi connectivity index (χ1n) is 11.7. The van der Waals surface area contributed by atoms with Crippen molar-refractivity contribution in [2.45, 2.75) is 25.7 Å². The molecule has 5 rings (SSSR count). The second-order valence-electron chi connectivity index (χ2n) is 8.58. The van der Waals surface area contributed by atoms with Crippen LogP contribution in [0.1, 0.15) is 51.5 Å². The molecule has 11 nitrogen and oxygen atoms in total. The van der Waals surface area contributed by atoms with Crippen LogP contribution in [0.4, 0.5) is 4.79 Å². The third-order valence-corrected chi connectivity index (χ3v) is 7.47. The number of hydrogen-bond acceptors (Lipinski definition) is 9. The molecule has 1 aromatic carbocycles. The Morgan fingerprint density at radius 3 is 2.40 bits per heavy atom. The van der Waals surface area contributed by atoms with Crippen molar-refractivity contribution in [1.82, 2.24) is 30.0 Å². The van der Waals surface area contributed by atoms with Gasteiger partial charge >= 0.3 is 6.09 Å². The Bertz CT molecular complexity index is 1230.